The second-order valence-corrected chi connectivity index (χ2v) is 4.94. The summed E-state index contributed by atoms with van der Waals surface area (Å²) >= 11 is 6.46. The predicted octanol–water partition coefficient (Wildman–Crippen LogP) is 4.57. The molecule has 2 rings (SSSR count). The average Bonchev–Trinajstić information content (AvgIpc) is 2.53. The molecule has 0 amide bonds. The van der Waals surface area contributed by atoms with Crippen LogP contribution in [-0.2, 0) is 0 Å². The highest BCUT2D eigenvalue weighted by molar-refractivity contribution is 6.56. The Morgan fingerprint density at radius 3 is 2.14 bits per heavy atom. The lowest BCUT2D eigenvalue weighted by atomic mass is 10.0. The lowest BCUT2D eigenvalue weighted by Crippen LogP contribution is -1.91. The van der Waals surface area contributed by atoms with E-state index in [1.807, 2.05) is 55.5 Å². The molecule has 0 radical (unpaired) electrons. The van der Waals surface area contributed by atoms with Crippen molar-refractivity contribution in [3.63, 3.8) is 0 Å². The minimum atomic E-state index is 0.526. The molecule has 0 fully saturated rings. The smallest absolute Gasteiger partial charge is 0.118 e. The number of oxime groups is 1. The molecule has 2 aromatic rings. The van der Waals surface area contributed by atoms with Crippen molar-refractivity contribution in [3.05, 3.63) is 65.2 Å². The first-order valence-electron chi connectivity index (χ1n) is 6.44. The molecule has 4 heteroatoms. The Morgan fingerprint density at radius 2 is 1.62 bits per heavy atom. The Labute approximate surface area is 129 Å². The van der Waals surface area contributed by atoms with E-state index in [0.29, 0.717) is 10.6 Å². The SMILES string of the molecule is COc1ccc(C(C=NO)=C(Cl)c2ccc(C)cc2)cc1. The van der Waals surface area contributed by atoms with Crippen molar-refractivity contribution in [2.45, 2.75) is 6.92 Å². The summed E-state index contributed by atoms with van der Waals surface area (Å²) in [5.74, 6) is 0.755. The van der Waals surface area contributed by atoms with E-state index in [4.69, 9.17) is 21.5 Å². The van der Waals surface area contributed by atoms with Crippen LogP contribution in [-0.4, -0.2) is 18.5 Å². The monoisotopic (exact) mass is 301 g/mol. The third kappa shape index (κ3) is 3.64. The number of nitrogens with zero attached hydrogens (tertiary/aromatic N) is 1. The zero-order valence-corrected chi connectivity index (χ0v) is 12.6. The van der Waals surface area contributed by atoms with Gasteiger partial charge in [-0.3, -0.25) is 0 Å². The molecule has 0 saturated carbocycles. The van der Waals surface area contributed by atoms with Crippen LogP contribution in [0.5, 0.6) is 5.75 Å². The standard InChI is InChI=1S/C17H16ClNO2/c1-12-3-5-14(6-4-12)17(18)16(11-19-20)13-7-9-15(21-2)10-8-13/h3-11,20H,1-2H3. The number of methoxy groups -OCH3 is 1. The summed E-state index contributed by atoms with van der Waals surface area (Å²) < 4.78 is 5.14. The van der Waals surface area contributed by atoms with Gasteiger partial charge in [-0.25, -0.2) is 0 Å². The first kappa shape index (κ1) is 15.1. The summed E-state index contributed by atoms with van der Waals surface area (Å²) in [4.78, 5) is 0. The minimum absolute atomic E-state index is 0.526. The van der Waals surface area contributed by atoms with Gasteiger partial charge in [0.2, 0.25) is 0 Å². The normalized spacial score (nSPS) is 12.3. The number of aryl methyl sites for hydroxylation is 1. The van der Waals surface area contributed by atoms with E-state index in [0.717, 1.165) is 22.4 Å². The number of allylic oxidation sites excluding steroid dienone is 1. The number of benzene rings is 2. The fourth-order valence-corrected chi connectivity index (χ4v) is 2.23. The maximum atomic E-state index is 8.89. The van der Waals surface area contributed by atoms with Crippen molar-refractivity contribution in [1.29, 1.82) is 0 Å². The van der Waals surface area contributed by atoms with E-state index in [1.165, 1.54) is 6.21 Å². The number of halogens is 1. The summed E-state index contributed by atoms with van der Waals surface area (Å²) in [5.41, 5.74) is 3.52. The predicted molar refractivity (Wildman–Crippen MR) is 87.1 cm³/mol. The highest BCUT2D eigenvalue weighted by atomic mass is 35.5. The van der Waals surface area contributed by atoms with Crippen LogP contribution in [0.4, 0.5) is 0 Å². The fourth-order valence-electron chi connectivity index (χ4n) is 1.94. The number of ether oxygens (including phenoxy) is 1. The lowest BCUT2D eigenvalue weighted by molar-refractivity contribution is 0.322. The number of hydrogen-bond acceptors (Lipinski definition) is 3. The molecule has 0 atom stereocenters. The first-order valence-corrected chi connectivity index (χ1v) is 6.82. The quantitative estimate of drug-likeness (QED) is 0.389. The molecule has 0 bridgehead atoms. The zero-order valence-electron chi connectivity index (χ0n) is 11.9. The zero-order chi connectivity index (χ0) is 15.2. The Balaban J connectivity index is 2.49. The molecular weight excluding hydrogens is 286 g/mol. The second-order valence-electron chi connectivity index (χ2n) is 4.57. The number of hydrogen-bond donors (Lipinski definition) is 1. The van der Waals surface area contributed by atoms with Gasteiger partial charge in [0.05, 0.1) is 18.4 Å². The molecule has 108 valence electrons. The second kappa shape index (κ2) is 6.95. The fraction of sp³-hybridized carbons (Fsp3) is 0.118. The van der Waals surface area contributed by atoms with Gasteiger partial charge in [0.15, 0.2) is 0 Å². The van der Waals surface area contributed by atoms with Crippen LogP contribution in [0.3, 0.4) is 0 Å². The molecule has 0 spiro atoms. The Bertz CT molecular complexity index is 658. The molecule has 2 aromatic carbocycles. The Hall–Kier alpha value is -2.26. The summed E-state index contributed by atoms with van der Waals surface area (Å²) in [6.07, 6.45) is 1.34. The van der Waals surface area contributed by atoms with Crippen molar-refractivity contribution >= 4 is 28.4 Å². The molecule has 0 aliphatic heterocycles. The molecular formula is C17H16ClNO2. The highest BCUT2D eigenvalue weighted by Crippen LogP contribution is 2.29. The molecule has 21 heavy (non-hydrogen) atoms. The Kier molecular flexibility index (Phi) is 5.01. The van der Waals surface area contributed by atoms with Gasteiger partial charge in [-0.15, -0.1) is 0 Å². The third-order valence-corrected chi connectivity index (χ3v) is 3.55. The van der Waals surface area contributed by atoms with E-state index in [9.17, 15) is 0 Å². The molecule has 0 aliphatic carbocycles. The average molecular weight is 302 g/mol. The molecule has 0 aromatic heterocycles. The van der Waals surface area contributed by atoms with Gasteiger partial charge >= 0.3 is 0 Å². The van der Waals surface area contributed by atoms with Gasteiger partial charge in [0.25, 0.3) is 0 Å². The van der Waals surface area contributed by atoms with Gasteiger partial charge in [-0.05, 0) is 30.2 Å². The van der Waals surface area contributed by atoms with Crippen molar-refractivity contribution in [2.24, 2.45) is 5.16 Å². The van der Waals surface area contributed by atoms with E-state index >= 15 is 0 Å². The van der Waals surface area contributed by atoms with Crippen molar-refractivity contribution in [3.8, 4) is 5.75 Å². The maximum absolute atomic E-state index is 8.89. The summed E-state index contributed by atoms with van der Waals surface area (Å²) in [6, 6.07) is 15.2. The highest BCUT2D eigenvalue weighted by Gasteiger charge is 2.09. The van der Waals surface area contributed by atoms with Crippen LogP contribution in [0.1, 0.15) is 16.7 Å². The van der Waals surface area contributed by atoms with Gasteiger partial charge in [0, 0.05) is 5.57 Å². The molecule has 0 unspecified atom stereocenters. The molecule has 1 N–H and O–H groups in total. The first-order chi connectivity index (χ1) is 10.2. The van der Waals surface area contributed by atoms with Crippen LogP contribution >= 0.6 is 11.6 Å². The molecule has 3 nitrogen and oxygen atoms in total. The maximum Gasteiger partial charge on any atom is 0.118 e. The van der Waals surface area contributed by atoms with Gasteiger partial charge in [0.1, 0.15) is 5.75 Å². The van der Waals surface area contributed by atoms with Crippen LogP contribution in [0.25, 0.3) is 10.6 Å². The molecule has 0 heterocycles. The topological polar surface area (TPSA) is 41.8 Å². The van der Waals surface area contributed by atoms with Crippen LogP contribution in [0, 0.1) is 6.92 Å². The third-order valence-electron chi connectivity index (χ3n) is 3.13. The van der Waals surface area contributed by atoms with Crippen LogP contribution in [0.2, 0.25) is 0 Å². The van der Waals surface area contributed by atoms with E-state index in [2.05, 4.69) is 5.16 Å². The van der Waals surface area contributed by atoms with Crippen LogP contribution < -0.4 is 4.74 Å². The molecule has 0 saturated heterocycles. The lowest BCUT2D eigenvalue weighted by Gasteiger charge is -2.08. The van der Waals surface area contributed by atoms with Crippen molar-refractivity contribution in [1.82, 2.24) is 0 Å². The van der Waals surface area contributed by atoms with Gasteiger partial charge < -0.3 is 9.94 Å². The van der Waals surface area contributed by atoms with Gasteiger partial charge in [-0.2, -0.15) is 0 Å². The largest absolute Gasteiger partial charge is 0.497 e. The van der Waals surface area contributed by atoms with Crippen LogP contribution in [0.15, 0.2) is 53.7 Å². The van der Waals surface area contributed by atoms with E-state index in [-0.39, 0.29) is 0 Å². The minimum Gasteiger partial charge on any atom is -0.497 e. The molecule has 0 aliphatic rings. The van der Waals surface area contributed by atoms with Gasteiger partial charge in [-0.1, -0.05) is 58.7 Å². The summed E-state index contributed by atoms with van der Waals surface area (Å²) in [7, 11) is 1.61. The summed E-state index contributed by atoms with van der Waals surface area (Å²) in [5, 5.41) is 12.5. The van der Waals surface area contributed by atoms with Crippen molar-refractivity contribution in [2.75, 3.05) is 7.11 Å². The number of rotatable bonds is 4. The van der Waals surface area contributed by atoms with Crippen molar-refractivity contribution < 1.29 is 9.94 Å². The van der Waals surface area contributed by atoms with E-state index < -0.39 is 0 Å². The Morgan fingerprint density at radius 1 is 1.05 bits per heavy atom. The summed E-state index contributed by atoms with van der Waals surface area (Å²) in [6.45, 7) is 2.01. The van der Waals surface area contributed by atoms with E-state index in [1.54, 1.807) is 7.11 Å².